The van der Waals surface area contributed by atoms with Crippen molar-refractivity contribution >= 4 is 16.6 Å². The standard InChI is InChI=1S/C23H22FN7O/c1-14-13-31-23(26-14)17(12-25)10-21(29-31)16-8-19(24)18-11-20(27-28-22(18)9-16)15-2-4-30(5-3-15)6-7-32/h8-11,13,15,32H,2-7H2,1H3. The first-order valence-electron chi connectivity index (χ1n) is 10.6. The van der Waals surface area contributed by atoms with Crippen LogP contribution < -0.4 is 0 Å². The molecule has 1 aliphatic heterocycles. The molecule has 32 heavy (non-hydrogen) atoms. The predicted octanol–water partition coefficient (Wildman–Crippen LogP) is 2.83. The highest BCUT2D eigenvalue weighted by Gasteiger charge is 2.22. The first-order valence-corrected chi connectivity index (χ1v) is 10.6. The van der Waals surface area contributed by atoms with Gasteiger partial charge in [0, 0.05) is 23.4 Å². The van der Waals surface area contributed by atoms with Gasteiger partial charge in [0.25, 0.3) is 0 Å². The summed E-state index contributed by atoms with van der Waals surface area (Å²) in [6.07, 6.45) is 3.55. The second-order valence-corrected chi connectivity index (χ2v) is 8.21. The van der Waals surface area contributed by atoms with Gasteiger partial charge in [-0.1, -0.05) is 0 Å². The van der Waals surface area contributed by atoms with Crippen molar-refractivity contribution in [3.63, 3.8) is 0 Å². The summed E-state index contributed by atoms with van der Waals surface area (Å²) in [6.45, 7) is 4.44. The van der Waals surface area contributed by atoms with E-state index in [2.05, 4.69) is 31.2 Å². The van der Waals surface area contributed by atoms with Crippen LogP contribution in [0.2, 0.25) is 0 Å². The van der Waals surface area contributed by atoms with Crippen LogP contribution >= 0.6 is 0 Å². The van der Waals surface area contributed by atoms with Crippen molar-refractivity contribution in [2.75, 3.05) is 26.2 Å². The fraction of sp³-hybridized carbons (Fsp3) is 0.348. The summed E-state index contributed by atoms with van der Waals surface area (Å²) < 4.78 is 16.7. The molecular weight excluding hydrogens is 409 g/mol. The molecule has 0 radical (unpaired) electrons. The molecule has 1 fully saturated rings. The van der Waals surface area contributed by atoms with Crippen LogP contribution in [-0.2, 0) is 0 Å². The maximum absolute atomic E-state index is 15.1. The van der Waals surface area contributed by atoms with Gasteiger partial charge in [0.15, 0.2) is 5.65 Å². The molecule has 1 N–H and O–H groups in total. The maximum atomic E-state index is 15.1. The third-order valence-corrected chi connectivity index (χ3v) is 6.06. The Hall–Kier alpha value is -3.48. The number of hydrogen-bond donors (Lipinski definition) is 1. The van der Waals surface area contributed by atoms with Crippen LogP contribution in [0.5, 0.6) is 0 Å². The molecule has 0 bridgehead atoms. The number of likely N-dealkylation sites (tertiary alicyclic amines) is 1. The Bertz CT molecular complexity index is 1350. The van der Waals surface area contributed by atoms with Crippen molar-refractivity contribution in [3.8, 4) is 17.3 Å². The van der Waals surface area contributed by atoms with Gasteiger partial charge >= 0.3 is 0 Å². The molecule has 1 aliphatic rings. The summed E-state index contributed by atoms with van der Waals surface area (Å²) in [7, 11) is 0. The number of aryl methyl sites for hydroxylation is 1. The van der Waals surface area contributed by atoms with Crippen molar-refractivity contribution in [2.24, 2.45) is 0 Å². The number of nitrogens with zero attached hydrogens (tertiary/aromatic N) is 7. The van der Waals surface area contributed by atoms with E-state index in [-0.39, 0.29) is 12.5 Å². The molecular formula is C23H22FN7O. The quantitative estimate of drug-likeness (QED) is 0.530. The predicted molar refractivity (Wildman–Crippen MR) is 116 cm³/mol. The Morgan fingerprint density at radius 3 is 2.75 bits per heavy atom. The second-order valence-electron chi connectivity index (χ2n) is 8.21. The number of nitriles is 1. The molecule has 5 rings (SSSR count). The molecule has 0 spiro atoms. The van der Waals surface area contributed by atoms with Crippen LogP contribution in [0.1, 0.15) is 35.7 Å². The maximum Gasteiger partial charge on any atom is 0.171 e. The Morgan fingerprint density at radius 1 is 1.19 bits per heavy atom. The topological polar surface area (TPSA) is 103 Å². The van der Waals surface area contributed by atoms with E-state index in [1.165, 1.54) is 6.07 Å². The van der Waals surface area contributed by atoms with E-state index in [1.807, 2.05) is 6.92 Å². The number of rotatable bonds is 4. The van der Waals surface area contributed by atoms with Gasteiger partial charge in [0.2, 0.25) is 0 Å². The van der Waals surface area contributed by atoms with Crippen molar-refractivity contribution < 1.29 is 9.50 Å². The monoisotopic (exact) mass is 431 g/mol. The van der Waals surface area contributed by atoms with E-state index in [0.717, 1.165) is 37.3 Å². The first-order chi connectivity index (χ1) is 15.6. The van der Waals surface area contributed by atoms with Gasteiger partial charge in [0.05, 0.1) is 41.0 Å². The first kappa shape index (κ1) is 20.4. The summed E-state index contributed by atoms with van der Waals surface area (Å²) in [5.41, 5.74) is 3.84. The zero-order valence-electron chi connectivity index (χ0n) is 17.7. The molecule has 0 amide bonds. The third kappa shape index (κ3) is 3.68. The molecule has 162 valence electrons. The highest BCUT2D eigenvalue weighted by atomic mass is 19.1. The molecule has 4 aromatic rings. The normalized spacial score (nSPS) is 15.4. The molecule has 0 saturated carbocycles. The lowest BCUT2D eigenvalue weighted by Gasteiger charge is -2.30. The number of aliphatic hydroxyl groups excluding tert-OH is 1. The van der Waals surface area contributed by atoms with E-state index in [0.29, 0.717) is 39.9 Å². The van der Waals surface area contributed by atoms with Crippen molar-refractivity contribution in [1.29, 1.82) is 5.26 Å². The van der Waals surface area contributed by atoms with Gasteiger partial charge in [-0.15, -0.1) is 0 Å². The van der Waals surface area contributed by atoms with Crippen LogP contribution in [0.4, 0.5) is 4.39 Å². The summed E-state index contributed by atoms with van der Waals surface area (Å²) in [5.74, 6) is -0.166. The Labute approximate surface area is 183 Å². The SMILES string of the molecule is Cc1cn2nc(-c3cc(F)c4cc(C5CCN(CCO)CC5)nnc4c3)cc(C#N)c2n1. The number of piperidine rings is 1. The number of β-amino-alcohol motifs (C(OH)–C–C–N with tert-alkyl or cyclic N) is 1. The zero-order chi connectivity index (χ0) is 22.2. The number of hydrogen-bond acceptors (Lipinski definition) is 7. The summed E-state index contributed by atoms with van der Waals surface area (Å²) in [5, 5.41) is 32.2. The van der Waals surface area contributed by atoms with Gasteiger partial charge in [-0.25, -0.2) is 13.9 Å². The van der Waals surface area contributed by atoms with E-state index < -0.39 is 5.82 Å². The molecule has 1 aromatic carbocycles. The lowest BCUT2D eigenvalue weighted by Crippen LogP contribution is -2.35. The average Bonchev–Trinajstić information content (AvgIpc) is 3.19. The largest absolute Gasteiger partial charge is 0.395 e. The van der Waals surface area contributed by atoms with Crippen molar-refractivity contribution in [3.05, 3.63) is 53.2 Å². The Balaban J connectivity index is 1.49. The van der Waals surface area contributed by atoms with Crippen LogP contribution in [0, 0.1) is 24.1 Å². The van der Waals surface area contributed by atoms with Crippen molar-refractivity contribution in [2.45, 2.75) is 25.7 Å². The number of benzene rings is 1. The van der Waals surface area contributed by atoms with E-state index in [4.69, 9.17) is 5.11 Å². The molecule has 4 heterocycles. The number of aliphatic hydroxyl groups is 1. The summed E-state index contributed by atoms with van der Waals surface area (Å²) in [6, 6.07) is 8.72. The number of halogens is 1. The lowest BCUT2D eigenvalue weighted by atomic mass is 9.92. The minimum absolute atomic E-state index is 0.159. The van der Waals surface area contributed by atoms with Crippen LogP contribution in [0.15, 0.2) is 30.5 Å². The second kappa shape index (κ2) is 8.22. The fourth-order valence-corrected chi connectivity index (χ4v) is 4.37. The van der Waals surface area contributed by atoms with E-state index >= 15 is 4.39 Å². The van der Waals surface area contributed by atoms with Crippen LogP contribution in [0.3, 0.4) is 0 Å². The minimum atomic E-state index is -0.395. The fourth-order valence-electron chi connectivity index (χ4n) is 4.37. The Morgan fingerprint density at radius 2 is 2.00 bits per heavy atom. The van der Waals surface area contributed by atoms with Gasteiger partial charge < -0.3 is 10.0 Å². The molecule has 0 aliphatic carbocycles. The van der Waals surface area contributed by atoms with Gasteiger partial charge in [0.1, 0.15) is 11.9 Å². The summed E-state index contributed by atoms with van der Waals surface area (Å²) in [4.78, 5) is 6.54. The van der Waals surface area contributed by atoms with E-state index in [1.54, 1.807) is 28.9 Å². The van der Waals surface area contributed by atoms with Crippen LogP contribution in [-0.4, -0.2) is 61.0 Å². The highest BCUT2D eigenvalue weighted by molar-refractivity contribution is 5.84. The van der Waals surface area contributed by atoms with Crippen molar-refractivity contribution in [1.82, 2.24) is 29.7 Å². The zero-order valence-corrected chi connectivity index (χ0v) is 17.7. The third-order valence-electron chi connectivity index (χ3n) is 6.06. The smallest absolute Gasteiger partial charge is 0.171 e. The molecule has 1 saturated heterocycles. The molecule has 8 nitrogen and oxygen atoms in total. The highest BCUT2D eigenvalue weighted by Crippen LogP contribution is 2.31. The average molecular weight is 431 g/mol. The van der Waals surface area contributed by atoms with Gasteiger partial charge in [-0.3, -0.25) is 0 Å². The summed E-state index contributed by atoms with van der Waals surface area (Å²) >= 11 is 0. The van der Waals surface area contributed by atoms with Crippen LogP contribution in [0.25, 0.3) is 27.8 Å². The number of imidazole rings is 1. The van der Waals surface area contributed by atoms with Gasteiger partial charge in [-0.05, 0) is 57.1 Å². The molecule has 0 unspecified atom stereocenters. The number of fused-ring (bicyclic) bond motifs is 2. The molecule has 9 heteroatoms. The molecule has 0 atom stereocenters. The lowest BCUT2D eigenvalue weighted by molar-refractivity contribution is 0.163. The Kier molecular flexibility index (Phi) is 5.25. The minimum Gasteiger partial charge on any atom is -0.395 e. The van der Waals surface area contributed by atoms with Gasteiger partial charge in [-0.2, -0.15) is 20.6 Å². The number of aromatic nitrogens is 5. The molecule has 3 aromatic heterocycles. The van der Waals surface area contributed by atoms with E-state index in [9.17, 15) is 5.26 Å².